The zero-order valence-corrected chi connectivity index (χ0v) is 9.39. The fourth-order valence-electron chi connectivity index (χ4n) is 1.16. The second-order valence-corrected chi connectivity index (χ2v) is 5.25. The molecule has 0 spiro atoms. The minimum atomic E-state index is 0.0546. The van der Waals surface area contributed by atoms with Crippen LogP contribution in [-0.4, -0.2) is 5.16 Å². The van der Waals surface area contributed by atoms with Crippen molar-refractivity contribution in [2.45, 2.75) is 26.2 Å². The first-order chi connectivity index (χ1) is 6.57. The van der Waals surface area contributed by atoms with E-state index in [1.807, 2.05) is 23.6 Å². The van der Waals surface area contributed by atoms with Gasteiger partial charge in [0.25, 0.3) is 0 Å². The van der Waals surface area contributed by atoms with Gasteiger partial charge in [-0.1, -0.05) is 32.0 Å². The smallest absolute Gasteiger partial charge is 0.177 e. The Kier molecular flexibility index (Phi) is 2.19. The number of thiophene rings is 1. The highest BCUT2D eigenvalue weighted by Crippen LogP contribution is 2.29. The zero-order valence-electron chi connectivity index (χ0n) is 8.57. The molecular formula is C11H13NOS. The molecule has 0 aliphatic heterocycles. The predicted octanol–water partition coefficient (Wildman–Crippen LogP) is 3.70. The summed E-state index contributed by atoms with van der Waals surface area (Å²) < 4.78 is 5.30. The van der Waals surface area contributed by atoms with Gasteiger partial charge in [-0.05, 0) is 11.4 Å². The van der Waals surface area contributed by atoms with Gasteiger partial charge < -0.3 is 4.52 Å². The molecule has 0 aromatic carbocycles. The standard InChI is InChI=1S/C11H13NOS/c1-11(2,3)10-7-8(13-12-10)9-5-4-6-14-9/h4-7H,1-3H3. The Bertz CT molecular complexity index is 409. The molecule has 74 valence electrons. The number of aromatic nitrogens is 1. The van der Waals surface area contributed by atoms with Gasteiger partial charge in [-0.25, -0.2) is 0 Å². The van der Waals surface area contributed by atoms with Crippen LogP contribution >= 0.6 is 11.3 Å². The van der Waals surface area contributed by atoms with E-state index >= 15 is 0 Å². The molecule has 2 aromatic rings. The Labute approximate surface area is 87.6 Å². The maximum absolute atomic E-state index is 5.30. The maximum Gasteiger partial charge on any atom is 0.177 e. The molecule has 0 aliphatic rings. The summed E-state index contributed by atoms with van der Waals surface area (Å²) in [6.07, 6.45) is 0. The molecule has 2 aromatic heterocycles. The second kappa shape index (κ2) is 3.24. The topological polar surface area (TPSA) is 26.0 Å². The lowest BCUT2D eigenvalue weighted by molar-refractivity contribution is 0.403. The van der Waals surface area contributed by atoms with E-state index in [0.717, 1.165) is 16.3 Å². The van der Waals surface area contributed by atoms with Crippen molar-refractivity contribution in [3.63, 3.8) is 0 Å². The summed E-state index contributed by atoms with van der Waals surface area (Å²) in [5, 5.41) is 6.11. The van der Waals surface area contributed by atoms with Crippen LogP contribution in [0.4, 0.5) is 0 Å². The third kappa shape index (κ3) is 1.73. The molecule has 0 amide bonds. The van der Waals surface area contributed by atoms with Crippen molar-refractivity contribution in [2.75, 3.05) is 0 Å². The highest BCUT2D eigenvalue weighted by atomic mass is 32.1. The molecule has 2 nitrogen and oxygen atoms in total. The second-order valence-electron chi connectivity index (χ2n) is 4.30. The first kappa shape index (κ1) is 9.46. The van der Waals surface area contributed by atoms with Gasteiger partial charge in [0.2, 0.25) is 0 Å². The molecule has 2 rings (SSSR count). The van der Waals surface area contributed by atoms with E-state index in [0.29, 0.717) is 0 Å². The van der Waals surface area contributed by atoms with Crippen molar-refractivity contribution < 1.29 is 4.52 Å². The van der Waals surface area contributed by atoms with E-state index in [4.69, 9.17) is 4.52 Å². The predicted molar refractivity (Wildman–Crippen MR) is 58.5 cm³/mol. The first-order valence-electron chi connectivity index (χ1n) is 4.58. The number of rotatable bonds is 1. The molecule has 2 heterocycles. The highest BCUT2D eigenvalue weighted by Gasteiger charge is 2.19. The minimum Gasteiger partial charge on any atom is -0.355 e. The van der Waals surface area contributed by atoms with Gasteiger partial charge in [-0.15, -0.1) is 11.3 Å². The van der Waals surface area contributed by atoms with Gasteiger partial charge in [-0.2, -0.15) is 0 Å². The first-order valence-corrected chi connectivity index (χ1v) is 5.46. The Morgan fingerprint density at radius 2 is 2.14 bits per heavy atom. The Balaban J connectivity index is 2.36. The molecule has 0 unspecified atom stereocenters. The molecule has 0 fully saturated rings. The number of hydrogen-bond donors (Lipinski definition) is 0. The quantitative estimate of drug-likeness (QED) is 0.712. The van der Waals surface area contributed by atoms with Crippen molar-refractivity contribution in [1.29, 1.82) is 0 Å². The van der Waals surface area contributed by atoms with E-state index in [-0.39, 0.29) is 5.41 Å². The van der Waals surface area contributed by atoms with E-state index in [1.165, 1.54) is 0 Å². The van der Waals surface area contributed by atoms with E-state index in [1.54, 1.807) is 11.3 Å². The van der Waals surface area contributed by atoms with Gasteiger partial charge in [0, 0.05) is 11.5 Å². The average Bonchev–Trinajstić information content (AvgIpc) is 2.73. The summed E-state index contributed by atoms with van der Waals surface area (Å²) in [5.74, 6) is 0.866. The molecule has 3 heteroatoms. The lowest BCUT2D eigenvalue weighted by Gasteiger charge is -2.12. The third-order valence-corrected chi connectivity index (χ3v) is 2.93. The summed E-state index contributed by atoms with van der Waals surface area (Å²) in [7, 11) is 0. The fourth-order valence-corrected chi connectivity index (χ4v) is 1.84. The van der Waals surface area contributed by atoms with Crippen LogP contribution in [0.15, 0.2) is 28.1 Å². The summed E-state index contributed by atoms with van der Waals surface area (Å²) in [6.45, 7) is 6.38. The summed E-state index contributed by atoms with van der Waals surface area (Å²) in [5.41, 5.74) is 1.06. The van der Waals surface area contributed by atoms with Gasteiger partial charge in [0.05, 0.1) is 10.6 Å². The lowest BCUT2D eigenvalue weighted by Crippen LogP contribution is -2.10. The van der Waals surface area contributed by atoms with E-state index in [2.05, 4.69) is 25.9 Å². The third-order valence-electron chi connectivity index (χ3n) is 2.04. The van der Waals surface area contributed by atoms with Crippen LogP contribution in [0.5, 0.6) is 0 Å². The fraction of sp³-hybridized carbons (Fsp3) is 0.364. The largest absolute Gasteiger partial charge is 0.355 e. The molecule has 0 saturated carbocycles. The van der Waals surface area contributed by atoms with Crippen LogP contribution in [0.1, 0.15) is 26.5 Å². The molecule has 0 radical (unpaired) electrons. The van der Waals surface area contributed by atoms with Crippen molar-refractivity contribution in [2.24, 2.45) is 0 Å². The molecule has 0 N–H and O–H groups in total. The molecule has 0 aliphatic carbocycles. The molecule has 14 heavy (non-hydrogen) atoms. The number of nitrogens with zero attached hydrogens (tertiary/aromatic N) is 1. The van der Waals surface area contributed by atoms with E-state index in [9.17, 15) is 0 Å². The minimum absolute atomic E-state index is 0.0546. The summed E-state index contributed by atoms with van der Waals surface area (Å²) in [6, 6.07) is 6.07. The summed E-state index contributed by atoms with van der Waals surface area (Å²) >= 11 is 1.67. The van der Waals surface area contributed by atoms with Crippen LogP contribution in [0.25, 0.3) is 10.6 Å². The van der Waals surface area contributed by atoms with Crippen molar-refractivity contribution >= 4 is 11.3 Å². The van der Waals surface area contributed by atoms with Gasteiger partial charge in [-0.3, -0.25) is 0 Å². The van der Waals surface area contributed by atoms with Crippen LogP contribution in [-0.2, 0) is 5.41 Å². The number of hydrogen-bond acceptors (Lipinski definition) is 3. The monoisotopic (exact) mass is 207 g/mol. The van der Waals surface area contributed by atoms with Crippen molar-refractivity contribution in [3.05, 3.63) is 29.3 Å². The molecule has 0 bridgehead atoms. The highest BCUT2D eigenvalue weighted by molar-refractivity contribution is 7.13. The Morgan fingerprint density at radius 1 is 1.36 bits per heavy atom. The van der Waals surface area contributed by atoms with Gasteiger partial charge >= 0.3 is 0 Å². The SMILES string of the molecule is CC(C)(C)c1cc(-c2cccs2)on1. The van der Waals surface area contributed by atoms with Crippen molar-refractivity contribution in [1.82, 2.24) is 5.16 Å². The lowest BCUT2D eigenvalue weighted by atomic mass is 9.92. The van der Waals surface area contributed by atoms with Crippen LogP contribution < -0.4 is 0 Å². The average molecular weight is 207 g/mol. The molecular weight excluding hydrogens is 194 g/mol. The van der Waals surface area contributed by atoms with Crippen LogP contribution in [0.2, 0.25) is 0 Å². The van der Waals surface area contributed by atoms with Gasteiger partial charge in [0.1, 0.15) is 0 Å². The normalized spacial score (nSPS) is 11.9. The van der Waals surface area contributed by atoms with Gasteiger partial charge in [0.15, 0.2) is 5.76 Å². The summed E-state index contributed by atoms with van der Waals surface area (Å²) in [4.78, 5) is 1.13. The Morgan fingerprint density at radius 3 is 2.64 bits per heavy atom. The molecule has 0 atom stereocenters. The van der Waals surface area contributed by atoms with E-state index < -0.39 is 0 Å². The maximum atomic E-state index is 5.30. The molecule has 0 saturated heterocycles. The van der Waals surface area contributed by atoms with Crippen LogP contribution in [0, 0.1) is 0 Å². The van der Waals surface area contributed by atoms with Crippen LogP contribution in [0.3, 0.4) is 0 Å². The van der Waals surface area contributed by atoms with Crippen molar-refractivity contribution in [3.8, 4) is 10.6 Å². The zero-order chi connectivity index (χ0) is 10.2. The Hall–Kier alpha value is -1.09.